The fourth-order valence-corrected chi connectivity index (χ4v) is 1.11. The highest BCUT2D eigenvalue weighted by atomic mass is 19.4. The Hall–Kier alpha value is -1.92. The van der Waals surface area contributed by atoms with Crippen molar-refractivity contribution in [2.24, 2.45) is 0 Å². The molecule has 0 radical (unpaired) electrons. The van der Waals surface area contributed by atoms with Crippen molar-refractivity contribution < 1.29 is 22.7 Å². The summed E-state index contributed by atoms with van der Waals surface area (Å²) < 4.78 is 40.5. The molecule has 1 rings (SSSR count). The molecular formula is C11H13F3N2O2. The first-order valence-electron chi connectivity index (χ1n) is 5.18. The minimum absolute atomic E-state index is 0.00755. The van der Waals surface area contributed by atoms with Crippen LogP contribution >= 0.6 is 0 Å². The third kappa shape index (κ3) is 5.97. The molecule has 0 heterocycles. The van der Waals surface area contributed by atoms with Crippen LogP contribution in [0.15, 0.2) is 24.3 Å². The van der Waals surface area contributed by atoms with E-state index in [0.717, 1.165) is 0 Å². The lowest BCUT2D eigenvalue weighted by Crippen LogP contribution is -2.34. The summed E-state index contributed by atoms with van der Waals surface area (Å²) in [6, 6.07) is 6.48. The number of nitrogen functional groups attached to an aromatic ring is 1. The molecule has 3 N–H and O–H groups in total. The number of anilines is 1. The van der Waals surface area contributed by atoms with E-state index in [2.05, 4.69) is 0 Å². The number of amides is 1. The highest BCUT2D eigenvalue weighted by Crippen LogP contribution is 2.13. The maximum absolute atomic E-state index is 11.8. The fraction of sp³-hybridized carbons (Fsp3) is 0.364. The van der Waals surface area contributed by atoms with Gasteiger partial charge in [-0.05, 0) is 24.3 Å². The molecule has 7 heteroatoms. The second kappa shape index (κ2) is 6.13. The number of nitrogens with two attached hydrogens (primary N) is 1. The van der Waals surface area contributed by atoms with Crippen molar-refractivity contribution in [3.05, 3.63) is 24.3 Å². The van der Waals surface area contributed by atoms with Crippen LogP contribution in [0.2, 0.25) is 0 Å². The van der Waals surface area contributed by atoms with Crippen LogP contribution in [0.25, 0.3) is 0 Å². The molecular weight excluding hydrogens is 249 g/mol. The number of carbonyl (C=O) groups is 1. The second-order valence-electron chi connectivity index (χ2n) is 3.56. The molecule has 0 aliphatic rings. The van der Waals surface area contributed by atoms with Gasteiger partial charge >= 0.3 is 6.18 Å². The Labute approximate surface area is 102 Å². The van der Waals surface area contributed by atoms with Gasteiger partial charge in [0.2, 0.25) is 5.91 Å². The lowest BCUT2D eigenvalue weighted by Gasteiger charge is -2.09. The van der Waals surface area contributed by atoms with E-state index >= 15 is 0 Å². The minimum Gasteiger partial charge on any atom is -0.493 e. The Morgan fingerprint density at radius 1 is 1.28 bits per heavy atom. The summed E-state index contributed by atoms with van der Waals surface area (Å²) in [6.45, 7) is -1.32. The van der Waals surface area contributed by atoms with E-state index in [0.29, 0.717) is 11.4 Å². The van der Waals surface area contributed by atoms with Crippen molar-refractivity contribution in [2.75, 3.05) is 18.9 Å². The lowest BCUT2D eigenvalue weighted by molar-refractivity contribution is -0.138. The number of alkyl halides is 3. The number of rotatable bonds is 5. The zero-order chi connectivity index (χ0) is 13.6. The van der Waals surface area contributed by atoms with E-state index in [1.165, 1.54) is 0 Å². The SMILES string of the molecule is Nc1ccc(OCCC(=O)NCC(F)(F)F)cc1. The number of hydrogen-bond acceptors (Lipinski definition) is 3. The maximum atomic E-state index is 11.8. The molecule has 1 aromatic carbocycles. The summed E-state index contributed by atoms with van der Waals surface area (Å²) in [7, 11) is 0. The molecule has 0 aliphatic heterocycles. The first kappa shape index (κ1) is 14.1. The average Bonchev–Trinajstić information content (AvgIpc) is 2.28. The van der Waals surface area contributed by atoms with Gasteiger partial charge in [0.15, 0.2) is 0 Å². The van der Waals surface area contributed by atoms with E-state index in [1.807, 2.05) is 0 Å². The van der Waals surface area contributed by atoms with Gasteiger partial charge in [0.1, 0.15) is 12.3 Å². The summed E-state index contributed by atoms with van der Waals surface area (Å²) >= 11 is 0. The molecule has 0 unspecified atom stereocenters. The largest absolute Gasteiger partial charge is 0.493 e. The van der Waals surface area contributed by atoms with E-state index < -0.39 is 18.6 Å². The zero-order valence-electron chi connectivity index (χ0n) is 9.46. The van der Waals surface area contributed by atoms with Crippen LogP contribution in [-0.2, 0) is 4.79 Å². The predicted molar refractivity (Wildman–Crippen MR) is 60.0 cm³/mol. The van der Waals surface area contributed by atoms with Crippen molar-refractivity contribution in [1.29, 1.82) is 0 Å². The molecule has 0 bridgehead atoms. The third-order valence-electron chi connectivity index (χ3n) is 1.96. The first-order valence-corrected chi connectivity index (χ1v) is 5.18. The monoisotopic (exact) mass is 262 g/mol. The topological polar surface area (TPSA) is 64.3 Å². The van der Waals surface area contributed by atoms with Gasteiger partial charge in [-0.1, -0.05) is 0 Å². The molecule has 0 spiro atoms. The number of carbonyl (C=O) groups excluding carboxylic acids is 1. The summed E-state index contributed by atoms with van der Waals surface area (Å²) in [6.07, 6.45) is -4.53. The van der Waals surface area contributed by atoms with Gasteiger partial charge < -0.3 is 15.8 Å². The van der Waals surface area contributed by atoms with Gasteiger partial charge in [-0.2, -0.15) is 13.2 Å². The van der Waals surface area contributed by atoms with Gasteiger partial charge in [-0.15, -0.1) is 0 Å². The van der Waals surface area contributed by atoms with Crippen molar-refractivity contribution >= 4 is 11.6 Å². The van der Waals surface area contributed by atoms with Gasteiger partial charge in [0.25, 0.3) is 0 Å². The Morgan fingerprint density at radius 2 is 1.89 bits per heavy atom. The van der Waals surface area contributed by atoms with Crippen LogP contribution in [0.5, 0.6) is 5.75 Å². The molecule has 0 saturated heterocycles. The van der Waals surface area contributed by atoms with Gasteiger partial charge in [-0.3, -0.25) is 4.79 Å². The van der Waals surface area contributed by atoms with E-state index in [4.69, 9.17) is 10.5 Å². The quantitative estimate of drug-likeness (QED) is 0.794. The molecule has 0 atom stereocenters. The first-order chi connectivity index (χ1) is 8.37. The molecule has 0 fully saturated rings. The molecule has 100 valence electrons. The number of nitrogens with one attached hydrogen (secondary N) is 1. The maximum Gasteiger partial charge on any atom is 0.405 e. The standard InChI is InChI=1S/C11H13F3N2O2/c12-11(13,14)7-16-10(17)5-6-18-9-3-1-8(15)2-4-9/h1-4H,5-7,15H2,(H,16,17). The van der Waals surface area contributed by atoms with Crippen LogP contribution in [0.4, 0.5) is 18.9 Å². The molecule has 0 saturated carbocycles. The fourth-order valence-electron chi connectivity index (χ4n) is 1.11. The Balaban J connectivity index is 2.21. The molecule has 1 amide bonds. The van der Waals surface area contributed by atoms with Crippen LogP contribution in [0.3, 0.4) is 0 Å². The van der Waals surface area contributed by atoms with Gasteiger partial charge in [0.05, 0.1) is 13.0 Å². The average molecular weight is 262 g/mol. The summed E-state index contributed by atoms with van der Waals surface area (Å²) in [5.41, 5.74) is 6.03. The van der Waals surface area contributed by atoms with Crippen molar-refractivity contribution in [3.63, 3.8) is 0 Å². The van der Waals surface area contributed by atoms with Crippen LogP contribution in [-0.4, -0.2) is 25.2 Å². The highest BCUT2D eigenvalue weighted by Gasteiger charge is 2.27. The van der Waals surface area contributed by atoms with Crippen molar-refractivity contribution in [1.82, 2.24) is 5.32 Å². The van der Waals surface area contributed by atoms with Gasteiger partial charge in [0, 0.05) is 5.69 Å². The molecule has 0 aliphatic carbocycles. The summed E-state index contributed by atoms with van der Waals surface area (Å²) in [5, 5.41) is 1.75. The number of ether oxygens (including phenoxy) is 1. The second-order valence-corrected chi connectivity index (χ2v) is 3.56. The number of halogens is 3. The summed E-state index contributed by atoms with van der Waals surface area (Å²) in [5.74, 6) is -0.199. The van der Waals surface area contributed by atoms with E-state index in [-0.39, 0.29) is 13.0 Å². The lowest BCUT2D eigenvalue weighted by atomic mass is 10.3. The third-order valence-corrected chi connectivity index (χ3v) is 1.96. The van der Waals surface area contributed by atoms with Gasteiger partial charge in [-0.25, -0.2) is 0 Å². The van der Waals surface area contributed by atoms with Crippen LogP contribution in [0.1, 0.15) is 6.42 Å². The number of benzene rings is 1. The minimum atomic E-state index is -4.40. The molecule has 18 heavy (non-hydrogen) atoms. The number of hydrogen-bond donors (Lipinski definition) is 2. The molecule has 1 aromatic rings. The smallest absolute Gasteiger partial charge is 0.405 e. The van der Waals surface area contributed by atoms with Crippen LogP contribution in [0, 0.1) is 0 Å². The van der Waals surface area contributed by atoms with Crippen LogP contribution < -0.4 is 15.8 Å². The van der Waals surface area contributed by atoms with Crippen molar-refractivity contribution in [3.8, 4) is 5.75 Å². The Kier molecular flexibility index (Phi) is 4.82. The Bertz CT molecular complexity index is 390. The zero-order valence-corrected chi connectivity index (χ0v) is 9.46. The van der Waals surface area contributed by atoms with E-state index in [9.17, 15) is 18.0 Å². The molecule has 4 nitrogen and oxygen atoms in total. The summed E-state index contributed by atoms with van der Waals surface area (Å²) in [4.78, 5) is 11.0. The normalized spacial score (nSPS) is 11.1. The van der Waals surface area contributed by atoms with E-state index in [1.54, 1.807) is 29.6 Å². The predicted octanol–water partition coefficient (Wildman–Crippen LogP) is 1.72. The molecule has 0 aromatic heterocycles. The highest BCUT2D eigenvalue weighted by molar-refractivity contribution is 5.76. The van der Waals surface area contributed by atoms with Crippen molar-refractivity contribution in [2.45, 2.75) is 12.6 Å². The Morgan fingerprint density at radius 3 is 2.44 bits per heavy atom.